The first-order valence-corrected chi connectivity index (χ1v) is 24.7. The topological polar surface area (TPSA) is 50.9 Å². The number of hydrogen-bond acceptors (Lipinski definition) is 3. The molecule has 344 valence electrons. The molecule has 10 aromatic rings. The minimum atomic E-state index is -1.48. The average Bonchev–Trinajstić information content (AvgIpc) is 4.11. The van der Waals surface area contributed by atoms with Crippen molar-refractivity contribution in [2.75, 3.05) is 0 Å². The Morgan fingerprint density at radius 2 is 1.16 bits per heavy atom. The van der Waals surface area contributed by atoms with Crippen molar-refractivity contribution in [3.05, 3.63) is 240 Å². The Balaban J connectivity index is 1.04. The molecule has 70 heavy (non-hydrogen) atoms. The second-order valence-corrected chi connectivity index (χ2v) is 20.1. The van der Waals surface area contributed by atoms with Gasteiger partial charge in [0, 0.05) is 31.0 Å². The number of imidazole rings is 1. The molecule has 0 aliphatic heterocycles. The maximum Gasteiger partial charge on any atom is 0.149 e. The van der Waals surface area contributed by atoms with Crippen molar-refractivity contribution in [1.82, 2.24) is 14.5 Å². The minimum absolute atomic E-state index is 0.0272. The fourth-order valence-electron chi connectivity index (χ4n) is 10.6. The quantitative estimate of drug-likeness (QED) is 0.132. The molecule has 2 heterocycles. The van der Waals surface area contributed by atoms with Crippen molar-refractivity contribution >= 4 is 11.0 Å². The summed E-state index contributed by atoms with van der Waals surface area (Å²) in [6.45, 7) is 9.05. The first-order chi connectivity index (χ1) is 34.9. The summed E-state index contributed by atoms with van der Waals surface area (Å²) < 4.78 is 21.0. The molecule has 1 fully saturated rings. The molecule has 2 aromatic heterocycles. The maximum atomic E-state index is 11.5. The molecular formula is C66H59N3O. The lowest BCUT2D eigenvalue weighted by atomic mass is 9.71. The molecule has 0 bridgehead atoms. The zero-order valence-corrected chi connectivity index (χ0v) is 40.4. The van der Waals surface area contributed by atoms with E-state index in [1.54, 1.807) is 6.07 Å². The van der Waals surface area contributed by atoms with Crippen LogP contribution in [-0.2, 0) is 17.2 Å². The molecule has 1 aliphatic carbocycles. The van der Waals surface area contributed by atoms with E-state index in [0.29, 0.717) is 17.0 Å². The van der Waals surface area contributed by atoms with Crippen LogP contribution in [0.3, 0.4) is 0 Å². The summed E-state index contributed by atoms with van der Waals surface area (Å²) in [7, 11) is 0. The summed E-state index contributed by atoms with van der Waals surface area (Å²) in [5.41, 5.74) is 16.1. The normalized spacial score (nSPS) is 13.9. The van der Waals surface area contributed by atoms with Gasteiger partial charge < -0.3 is 5.11 Å². The number of pyridine rings is 1. The van der Waals surface area contributed by atoms with Gasteiger partial charge in [0.1, 0.15) is 11.6 Å². The van der Waals surface area contributed by atoms with Crippen LogP contribution in [0.1, 0.15) is 83.9 Å². The summed E-state index contributed by atoms with van der Waals surface area (Å²) in [6.07, 6.45) is 4.33. The molecule has 0 unspecified atom stereocenters. The number of hydrogen-bond donors (Lipinski definition) is 1. The predicted octanol–water partition coefficient (Wildman–Crippen LogP) is 16.8. The highest BCUT2D eigenvalue weighted by molar-refractivity contribution is 5.97. The van der Waals surface area contributed by atoms with Gasteiger partial charge in [0.05, 0.1) is 28.0 Å². The van der Waals surface area contributed by atoms with Crippen LogP contribution < -0.4 is 0 Å². The lowest BCUT2D eigenvalue weighted by molar-refractivity contribution is 0.477. The second kappa shape index (κ2) is 18.6. The fraction of sp³-hybridized carbons (Fsp3) is 0.182. The molecule has 1 saturated carbocycles. The minimum Gasteiger partial charge on any atom is -0.507 e. The molecule has 0 atom stereocenters. The molecule has 1 aliphatic rings. The highest BCUT2D eigenvalue weighted by Gasteiger charge is 2.31. The van der Waals surface area contributed by atoms with Crippen LogP contribution in [0.4, 0.5) is 0 Å². The van der Waals surface area contributed by atoms with Gasteiger partial charge in [-0.2, -0.15) is 0 Å². The third-order valence-corrected chi connectivity index (χ3v) is 14.5. The van der Waals surface area contributed by atoms with E-state index in [-0.39, 0.29) is 22.5 Å². The summed E-state index contributed by atoms with van der Waals surface area (Å²) in [6, 6.07) is 71.6. The number of benzene rings is 8. The number of para-hydroxylation sites is 2. The van der Waals surface area contributed by atoms with Crippen molar-refractivity contribution in [1.29, 1.82) is 0 Å². The van der Waals surface area contributed by atoms with E-state index in [2.05, 4.69) is 184 Å². The van der Waals surface area contributed by atoms with Crippen LogP contribution in [0.2, 0.25) is 0 Å². The molecular weight excluding hydrogens is 851 g/mol. The second-order valence-electron chi connectivity index (χ2n) is 20.1. The zero-order chi connectivity index (χ0) is 49.6. The van der Waals surface area contributed by atoms with Gasteiger partial charge in [-0.1, -0.05) is 198 Å². The summed E-state index contributed by atoms with van der Waals surface area (Å²) in [4.78, 5) is 10.5. The molecule has 0 saturated heterocycles. The highest BCUT2D eigenvalue weighted by Crippen LogP contribution is 2.43. The summed E-state index contributed by atoms with van der Waals surface area (Å²) >= 11 is 0. The van der Waals surface area contributed by atoms with Crippen LogP contribution >= 0.6 is 0 Å². The third-order valence-electron chi connectivity index (χ3n) is 14.5. The fourth-order valence-corrected chi connectivity index (χ4v) is 10.6. The summed E-state index contributed by atoms with van der Waals surface area (Å²) in [5.74, 6) is 0.699. The van der Waals surface area contributed by atoms with Gasteiger partial charge in [-0.15, -0.1) is 0 Å². The van der Waals surface area contributed by atoms with Gasteiger partial charge in [0.15, 0.2) is 0 Å². The molecule has 11 rings (SSSR count). The number of aromatic hydroxyl groups is 1. The SMILES string of the molecule is [2H]C([2H])(c1ccc(-n2c(-c3ccccc3O)nc3c(-c4cc(-c5cc(-c6ccc(C(C)(c7ccccc7)c7ccccc7)cc6)ccn5)cc(C(C)(C)C)c4)cccc32)c(-c2ccccc2)c1)C1CCCC1. The van der Waals surface area contributed by atoms with E-state index in [1.165, 1.54) is 22.3 Å². The molecule has 1 N–H and O–H groups in total. The largest absolute Gasteiger partial charge is 0.507 e. The molecule has 4 nitrogen and oxygen atoms in total. The van der Waals surface area contributed by atoms with E-state index in [9.17, 15) is 7.85 Å². The predicted molar refractivity (Wildman–Crippen MR) is 291 cm³/mol. The lowest BCUT2D eigenvalue weighted by Crippen LogP contribution is -2.25. The van der Waals surface area contributed by atoms with E-state index >= 15 is 0 Å². The van der Waals surface area contributed by atoms with Gasteiger partial charge in [0.25, 0.3) is 0 Å². The van der Waals surface area contributed by atoms with E-state index in [1.807, 2.05) is 54.7 Å². The third kappa shape index (κ3) is 8.53. The highest BCUT2D eigenvalue weighted by atomic mass is 16.3. The van der Waals surface area contributed by atoms with Gasteiger partial charge in [-0.3, -0.25) is 9.55 Å². The van der Waals surface area contributed by atoms with Crippen LogP contribution in [0.25, 0.3) is 72.7 Å². The van der Waals surface area contributed by atoms with Crippen molar-refractivity contribution in [3.63, 3.8) is 0 Å². The first-order valence-electron chi connectivity index (χ1n) is 25.7. The maximum absolute atomic E-state index is 11.5. The van der Waals surface area contributed by atoms with E-state index < -0.39 is 6.37 Å². The van der Waals surface area contributed by atoms with E-state index in [0.717, 1.165) is 87.0 Å². The smallest absolute Gasteiger partial charge is 0.149 e. The Kier molecular flexibility index (Phi) is 11.2. The van der Waals surface area contributed by atoms with Gasteiger partial charge in [-0.05, 0) is 129 Å². The van der Waals surface area contributed by atoms with Gasteiger partial charge in [-0.25, -0.2) is 4.98 Å². The average molecular weight is 912 g/mol. The van der Waals surface area contributed by atoms with Crippen molar-refractivity contribution in [3.8, 4) is 67.5 Å². The molecule has 4 heteroatoms. The van der Waals surface area contributed by atoms with Crippen LogP contribution in [0.5, 0.6) is 5.75 Å². The number of aromatic nitrogens is 3. The number of phenolic OH excluding ortho intramolecular Hbond substituents is 1. The molecule has 0 spiro atoms. The standard InChI is InChI=1S/C66H59N3O/c1-65(2,3)55-42-50(41-51(43-55)59-44-49(37-38-67-59)47-32-34-54(35-33-47)66(4,52-23-10-6-11-24-52)53-25-12-7-13-26-53)56-28-18-29-61-63(56)68-64(57-27-16-17-30-62(57)70)69(61)60-36-31-46(39-45-19-14-15-20-45)40-58(60)48-21-8-5-9-22-48/h5-13,16-18,21-38,40-45,70H,14-15,19-20,39H2,1-4H3/i39D2. The van der Waals surface area contributed by atoms with Crippen molar-refractivity contribution < 1.29 is 7.85 Å². The van der Waals surface area contributed by atoms with Crippen LogP contribution in [0, 0.1) is 5.92 Å². The molecule has 0 amide bonds. The Morgan fingerprint density at radius 3 is 1.84 bits per heavy atom. The number of rotatable bonds is 11. The number of phenols is 1. The van der Waals surface area contributed by atoms with Gasteiger partial charge >= 0.3 is 0 Å². The monoisotopic (exact) mass is 911 g/mol. The summed E-state index contributed by atoms with van der Waals surface area (Å²) in [5, 5.41) is 11.5. The zero-order valence-electron chi connectivity index (χ0n) is 42.4. The van der Waals surface area contributed by atoms with Crippen LogP contribution in [-0.4, -0.2) is 19.6 Å². The van der Waals surface area contributed by atoms with Crippen molar-refractivity contribution in [2.45, 2.75) is 70.6 Å². The molecule has 8 aromatic carbocycles. The lowest BCUT2D eigenvalue weighted by Gasteiger charge is -2.32. The van der Waals surface area contributed by atoms with Crippen LogP contribution in [0.15, 0.2) is 212 Å². The Labute approximate surface area is 415 Å². The Morgan fingerprint density at radius 1 is 0.529 bits per heavy atom. The van der Waals surface area contributed by atoms with E-state index in [4.69, 9.17) is 9.97 Å². The van der Waals surface area contributed by atoms with Crippen molar-refractivity contribution in [2.24, 2.45) is 5.92 Å². The number of fused-ring (bicyclic) bond motifs is 1. The number of nitrogens with zero attached hydrogens (tertiary/aromatic N) is 3. The molecule has 0 radical (unpaired) electrons. The Hall–Kier alpha value is -7.82. The Bertz CT molecular complexity index is 3510. The first kappa shape index (κ1) is 42.3. The van der Waals surface area contributed by atoms with Gasteiger partial charge in [0.2, 0.25) is 0 Å².